The summed E-state index contributed by atoms with van der Waals surface area (Å²) in [7, 11) is 0. The van der Waals surface area contributed by atoms with Crippen molar-refractivity contribution in [3.8, 4) is 0 Å². The predicted molar refractivity (Wildman–Crippen MR) is 57.3 cm³/mol. The number of hydrogen-bond donors (Lipinski definition) is 0. The summed E-state index contributed by atoms with van der Waals surface area (Å²) >= 11 is 0. The molecule has 0 spiro atoms. The molecule has 2 heterocycles. The minimum Gasteiger partial charge on any atom is -0.362 e. The van der Waals surface area contributed by atoms with Gasteiger partial charge in [-0.1, -0.05) is 13.2 Å². The molecular weight excluding hydrogens is 228 g/mol. The number of rotatable bonds is 5. The summed E-state index contributed by atoms with van der Waals surface area (Å²) in [6.07, 6.45) is 3.55. The molecule has 1 aromatic rings. The lowest BCUT2D eigenvalue weighted by atomic mass is 10.00. The van der Waals surface area contributed by atoms with Gasteiger partial charge in [-0.25, -0.2) is 18.4 Å². The van der Waals surface area contributed by atoms with Crippen LogP contribution in [-0.2, 0) is 11.3 Å². The lowest BCUT2D eigenvalue weighted by molar-refractivity contribution is 0.297. The van der Waals surface area contributed by atoms with E-state index in [0.717, 1.165) is 0 Å². The predicted octanol–water partition coefficient (Wildman–Crippen LogP) is 1.94. The topological polar surface area (TPSA) is 43.2 Å². The van der Waals surface area contributed by atoms with Crippen molar-refractivity contribution >= 4 is 0 Å². The van der Waals surface area contributed by atoms with E-state index in [4.69, 9.17) is 4.74 Å². The van der Waals surface area contributed by atoms with Crippen LogP contribution >= 0.6 is 0 Å². The Kier molecular flexibility index (Phi) is 2.89. The first-order valence-electron chi connectivity index (χ1n) is 4.91. The van der Waals surface area contributed by atoms with E-state index < -0.39 is 17.3 Å². The van der Waals surface area contributed by atoms with Gasteiger partial charge in [0.1, 0.15) is 29.9 Å². The first-order chi connectivity index (χ1) is 8.03. The van der Waals surface area contributed by atoms with Gasteiger partial charge in [0.2, 0.25) is 0 Å². The third kappa shape index (κ3) is 2.47. The molecule has 1 fully saturated rings. The van der Waals surface area contributed by atoms with Gasteiger partial charge in [-0.05, 0) is 0 Å². The number of halogens is 2. The molecule has 0 bridgehead atoms. The molecular formula is C11H11F2N3O. The molecule has 0 radical (unpaired) electrons. The molecule has 0 saturated carbocycles. The summed E-state index contributed by atoms with van der Waals surface area (Å²) in [5, 5.41) is 3.89. The summed E-state index contributed by atoms with van der Waals surface area (Å²) in [6, 6.07) is 0. The smallest absolute Gasteiger partial charge is 0.138 e. The first-order valence-corrected chi connectivity index (χ1v) is 4.91. The Bertz CT molecular complexity index is 475. The number of epoxide rings is 1. The molecule has 1 aliphatic heterocycles. The van der Waals surface area contributed by atoms with Crippen LogP contribution < -0.4 is 0 Å². The van der Waals surface area contributed by atoms with Gasteiger partial charge in [0.25, 0.3) is 0 Å². The molecule has 0 amide bonds. The van der Waals surface area contributed by atoms with Gasteiger partial charge in [0.05, 0.1) is 13.2 Å². The van der Waals surface area contributed by atoms with Crippen molar-refractivity contribution < 1.29 is 13.5 Å². The van der Waals surface area contributed by atoms with Crippen LogP contribution in [0.4, 0.5) is 8.78 Å². The van der Waals surface area contributed by atoms with Gasteiger partial charge in [-0.3, -0.25) is 0 Å². The van der Waals surface area contributed by atoms with Crippen LogP contribution in [-0.4, -0.2) is 27.0 Å². The van der Waals surface area contributed by atoms with Crippen molar-refractivity contribution in [2.45, 2.75) is 12.1 Å². The van der Waals surface area contributed by atoms with E-state index in [1.165, 1.54) is 17.3 Å². The Balaban J connectivity index is 2.11. The van der Waals surface area contributed by atoms with E-state index in [0.29, 0.717) is 19.2 Å². The van der Waals surface area contributed by atoms with Gasteiger partial charge < -0.3 is 4.74 Å². The zero-order chi connectivity index (χ0) is 12.5. The molecule has 90 valence electrons. The Hall–Kier alpha value is -1.82. The van der Waals surface area contributed by atoms with Crippen molar-refractivity contribution in [1.82, 2.24) is 14.8 Å². The van der Waals surface area contributed by atoms with Crippen molar-refractivity contribution in [2.75, 3.05) is 6.61 Å². The average Bonchev–Trinajstić information content (AvgIpc) is 2.84. The highest BCUT2D eigenvalue weighted by Crippen LogP contribution is 2.40. The lowest BCUT2D eigenvalue weighted by Gasteiger charge is -2.13. The molecule has 6 heteroatoms. The minimum atomic E-state index is -0.861. The third-order valence-electron chi connectivity index (χ3n) is 2.50. The molecule has 0 N–H and O–H groups in total. The van der Waals surface area contributed by atoms with Crippen LogP contribution in [0.5, 0.6) is 0 Å². The summed E-state index contributed by atoms with van der Waals surface area (Å²) in [5.74, 6) is -1.63. The Morgan fingerprint density at radius 3 is 2.71 bits per heavy atom. The van der Waals surface area contributed by atoms with Gasteiger partial charge in [-0.15, -0.1) is 0 Å². The van der Waals surface area contributed by atoms with E-state index in [1.54, 1.807) is 0 Å². The Labute approximate surface area is 96.9 Å². The Morgan fingerprint density at radius 2 is 2.24 bits per heavy atom. The largest absolute Gasteiger partial charge is 0.362 e. The summed E-state index contributed by atoms with van der Waals surface area (Å²) < 4.78 is 32.7. The van der Waals surface area contributed by atoms with Gasteiger partial charge in [0.15, 0.2) is 0 Å². The molecule has 2 rings (SSSR count). The second-order valence-corrected chi connectivity index (χ2v) is 3.79. The van der Waals surface area contributed by atoms with E-state index >= 15 is 0 Å². The lowest BCUT2D eigenvalue weighted by Crippen LogP contribution is -2.23. The quantitative estimate of drug-likeness (QED) is 0.582. The van der Waals surface area contributed by atoms with Crippen molar-refractivity contribution in [1.29, 1.82) is 0 Å². The Morgan fingerprint density at radius 1 is 1.53 bits per heavy atom. The SMILES string of the molecule is C=C(F)/C=C(/F)C(=C)C1(Cn2cncn2)CO1. The number of allylic oxidation sites excluding steroid dienone is 2. The fraction of sp³-hybridized carbons (Fsp3) is 0.273. The number of aromatic nitrogens is 3. The summed E-state index contributed by atoms with van der Waals surface area (Å²) in [6.45, 7) is 7.17. The van der Waals surface area contributed by atoms with Crippen molar-refractivity contribution in [3.05, 3.63) is 49.1 Å². The van der Waals surface area contributed by atoms with Crippen LogP contribution in [0.2, 0.25) is 0 Å². The molecule has 4 nitrogen and oxygen atoms in total. The maximum absolute atomic E-state index is 13.5. The van der Waals surface area contributed by atoms with E-state index in [-0.39, 0.29) is 5.57 Å². The van der Waals surface area contributed by atoms with Crippen molar-refractivity contribution in [2.24, 2.45) is 0 Å². The number of ether oxygens (including phenoxy) is 1. The highest BCUT2D eigenvalue weighted by Gasteiger charge is 2.49. The zero-order valence-electron chi connectivity index (χ0n) is 9.07. The monoisotopic (exact) mass is 239 g/mol. The fourth-order valence-electron chi connectivity index (χ4n) is 1.47. The number of hydrogen-bond acceptors (Lipinski definition) is 3. The molecule has 1 aromatic heterocycles. The van der Waals surface area contributed by atoms with E-state index in [1.807, 2.05) is 0 Å². The van der Waals surface area contributed by atoms with Gasteiger partial charge >= 0.3 is 0 Å². The molecule has 1 aliphatic rings. The number of nitrogens with zero attached hydrogens (tertiary/aromatic N) is 3. The van der Waals surface area contributed by atoms with Crippen LogP contribution in [0, 0.1) is 0 Å². The maximum Gasteiger partial charge on any atom is 0.138 e. The highest BCUT2D eigenvalue weighted by atomic mass is 19.1. The summed E-state index contributed by atoms with van der Waals surface area (Å²) in [4.78, 5) is 3.77. The van der Waals surface area contributed by atoms with Crippen LogP contribution in [0.15, 0.2) is 49.1 Å². The third-order valence-corrected chi connectivity index (χ3v) is 2.50. The molecule has 0 aliphatic carbocycles. The second-order valence-electron chi connectivity index (χ2n) is 3.79. The van der Waals surface area contributed by atoms with Crippen LogP contribution in [0.25, 0.3) is 0 Å². The minimum absolute atomic E-state index is 0.0896. The normalized spacial score (nSPS) is 23.5. The standard InChI is InChI=1S/C11H11F2N3O/c1-8(12)3-10(13)9(2)11(5-17-11)4-16-7-14-6-15-16/h3,6-7H,1-2,4-5H2/b10-3+. The molecule has 1 unspecified atom stereocenters. The van der Waals surface area contributed by atoms with Gasteiger partial charge in [-0.2, -0.15) is 5.10 Å². The molecule has 1 atom stereocenters. The summed E-state index contributed by atoms with van der Waals surface area (Å²) in [5.41, 5.74) is -0.754. The highest BCUT2D eigenvalue weighted by molar-refractivity contribution is 5.37. The molecule has 1 saturated heterocycles. The van der Waals surface area contributed by atoms with E-state index in [9.17, 15) is 8.78 Å². The van der Waals surface area contributed by atoms with E-state index in [2.05, 4.69) is 23.2 Å². The van der Waals surface area contributed by atoms with Crippen molar-refractivity contribution in [3.63, 3.8) is 0 Å². The maximum atomic E-state index is 13.5. The molecule has 0 aromatic carbocycles. The zero-order valence-corrected chi connectivity index (χ0v) is 9.07. The first kappa shape index (κ1) is 11.7. The van der Waals surface area contributed by atoms with Crippen LogP contribution in [0.3, 0.4) is 0 Å². The fourth-order valence-corrected chi connectivity index (χ4v) is 1.47. The molecule has 17 heavy (non-hydrogen) atoms. The average molecular weight is 239 g/mol. The van der Waals surface area contributed by atoms with Crippen LogP contribution in [0.1, 0.15) is 0 Å². The van der Waals surface area contributed by atoms with Gasteiger partial charge in [0, 0.05) is 11.6 Å². The second kappa shape index (κ2) is 4.21.